The molecule has 0 aromatic rings. The van der Waals surface area contributed by atoms with Crippen molar-refractivity contribution in [3.63, 3.8) is 0 Å². The van der Waals surface area contributed by atoms with Crippen LogP contribution in [0.25, 0.3) is 0 Å². The van der Waals surface area contributed by atoms with E-state index in [4.69, 9.17) is 9.84 Å². The number of ether oxygens (including phenoxy) is 2. The smallest absolute Gasteiger partial charge is 0.0701 e. The minimum absolute atomic E-state index is 0.0870. The van der Waals surface area contributed by atoms with Gasteiger partial charge in [-0.05, 0) is 7.05 Å². The SMILES string of the molecule is CN.COCCOCCO. The average molecular weight is 151 g/mol. The van der Waals surface area contributed by atoms with Crippen molar-refractivity contribution in [2.45, 2.75) is 0 Å². The van der Waals surface area contributed by atoms with Crippen LogP contribution in [0.5, 0.6) is 0 Å². The molecule has 0 radical (unpaired) electrons. The fraction of sp³-hybridized carbons (Fsp3) is 1.00. The van der Waals surface area contributed by atoms with Gasteiger partial charge in [0.2, 0.25) is 0 Å². The van der Waals surface area contributed by atoms with E-state index < -0.39 is 0 Å². The van der Waals surface area contributed by atoms with E-state index >= 15 is 0 Å². The zero-order valence-electron chi connectivity index (χ0n) is 6.67. The molecular formula is C6H17NO3. The molecule has 0 fully saturated rings. The van der Waals surface area contributed by atoms with Gasteiger partial charge in [0.15, 0.2) is 0 Å². The van der Waals surface area contributed by atoms with E-state index in [1.807, 2.05) is 0 Å². The molecule has 0 aliphatic carbocycles. The van der Waals surface area contributed by atoms with Crippen molar-refractivity contribution in [1.29, 1.82) is 0 Å². The van der Waals surface area contributed by atoms with Gasteiger partial charge in [-0.3, -0.25) is 0 Å². The Morgan fingerprint density at radius 2 is 1.80 bits per heavy atom. The lowest BCUT2D eigenvalue weighted by atomic mass is 10.7. The molecule has 0 saturated carbocycles. The van der Waals surface area contributed by atoms with E-state index in [1.54, 1.807) is 7.11 Å². The first-order chi connectivity index (χ1) is 4.91. The predicted molar refractivity (Wildman–Crippen MR) is 39.9 cm³/mol. The number of hydrogen-bond donors (Lipinski definition) is 2. The summed E-state index contributed by atoms with van der Waals surface area (Å²) in [5, 5.41) is 8.20. The molecule has 0 amide bonds. The highest BCUT2D eigenvalue weighted by Gasteiger charge is 1.82. The monoisotopic (exact) mass is 151 g/mol. The van der Waals surface area contributed by atoms with Crippen molar-refractivity contribution in [2.75, 3.05) is 40.6 Å². The Balaban J connectivity index is 0. The fourth-order valence-electron chi connectivity index (χ4n) is 0.309. The first-order valence-corrected chi connectivity index (χ1v) is 3.17. The molecule has 3 N–H and O–H groups in total. The Kier molecular flexibility index (Phi) is 19.9. The zero-order chi connectivity index (χ0) is 8.24. The van der Waals surface area contributed by atoms with Crippen LogP contribution in [0.1, 0.15) is 0 Å². The van der Waals surface area contributed by atoms with Crippen LogP contribution in [0.2, 0.25) is 0 Å². The van der Waals surface area contributed by atoms with E-state index in [9.17, 15) is 0 Å². The third-order valence-electron chi connectivity index (χ3n) is 0.667. The minimum atomic E-state index is 0.0870. The zero-order valence-corrected chi connectivity index (χ0v) is 6.67. The molecule has 0 saturated heterocycles. The Labute approximate surface area is 61.9 Å². The number of methoxy groups -OCH3 is 1. The van der Waals surface area contributed by atoms with Gasteiger partial charge in [-0.25, -0.2) is 0 Å². The molecular weight excluding hydrogens is 134 g/mol. The number of rotatable bonds is 5. The lowest BCUT2D eigenvalue weighted by Crippen LogP contribution is -2.05. The molecule has 4 nitrogen and oxygen atoms in total. The van der Waals surface area contributed by atoms with Crippen LogP contribution in [-0.2, 0) is 9.47 Å². The van der Waals surface area contributed by atoms with E-state index in [1.165, 1.54) is 7.05 Å². The summed E-state index contributed by atoms with van der Waals surface area (Å²) in [4.78, 5) is 0. The summed E-state index contributed by atoms with van der Waals surface area (Å²) in [6.45, 7) is 1.66. The van der Waals surface area contributed by atoms with Crippen LogP contribution in [-0.4, -0.2) is 45.7 Å². The number of hydrogen-bond acceptors (Lipinski definition) is 4. The quantitative estimate of drug-likeness (QED) is 0.506. The molecule has 4 heteroatoms. The summed E-state index contributed by atoms with van der Waals surface area (Å²) < 4.78 is 9.53. The molecule has 64 valence electrons. The summed E-state index contributed by atoms with van der Waals surface area (Å²) in [6.07, 6.45) is 0. The molecule has 0 heterocycles. The Hall–Kier alpha value is -0.160. The van der Waals surface area contributed by atoms with Crippen LogP contribution in [0.15, 0.2) is 0 Å². The average Bonchev–Trinajstić information content (AvgIpc) is 2.02. The molecule has 0 rings (SSSR count). The van der Waals surface area contributed by atoms with Crippen molar-refractivity contribution in [3.05, 3.63) is 0 Å². The molecule has 0 spiro atoms. The minimum Gasteiger partial charge on any atom is -0.394 e. The second-order valence-electron chi connectivity index (χ2n) is 1.33. The molecule has 0 atom stereocenters. The summed E-state index contributed by atoms with van der Waals surface area (Å²) in [7, 11) is 3.11. The fourth-order valence-corrected chi connectivity index (χ4v) is 0.309. The normalized spacial score (nSPS) is 8.40. The Morgan fingerprint density at radius 1 is 1.20 bits per heavy atom. The Morgan fingerprint density at radius 3 is 2.20 bits per heavy atom. The highest BCUT2D eigenvalue weighted by atomic mass is 16.5. The molecule has 10 heavy (non-hydrogen) atoms. The van der Waals surface area contributed by atoms with Crippen molar-refractivity contribution < 1.29 is 14.6 Å². The molecule has 0 aromatic carbocycles. The van der Waals surface area contributed by atoms with Crippen molar-refractivity contribution in [2.24, 2.45) is 5.73 Å². The highest BCUT2D eigenvalue weighted by Crippen LogP contribution is 1.72. The maximum atomic E-state index is 8.20. The topological polar surface area (TPSA) is 64.7 Å². The van der Waals surface area contributed by atoms with Crippen LogP contribution < -0.4 is 5.73 Å². The van der Waals surface area contributed by atoms with Crippen molar-refractivity contribution in [1.82, 2.24) is 0 Å². The third kappa shape index (κ3) is 15.7. The highest BCUT2D eigenvalue weighted by molar-refractivity contribution is 4.26. The van der Waals surface area contributed by atoms with E-state index in [0.717, 1.165) is 0 Å². The first kappa shape index (κ1) is 12.5. The van der Waals surface area contributed by atoms with E-state index in [0.29, 0.717) is 19.8 Å². The van der Waals surface area contributed by atoms with Gasteiger partial charge in [0, 0.05) is 7.11 Å². The molecule has 0 bridgehead atoms. The maximum absolute atomic E-state index is 8.20. The van der Waals surface area contributed by atoms with Gasteiger partial charge >= 0.3 is 0 Å². The van der Waals surface area contributed by atoms with Crippen LogP contribution in [0, 0.1) is 0 Å². The summed E-state index contributed by atoms with van der Waals surface area (Å²) in [5.41, 5.74) is 4.50. The number of aliphatic hydroxyl groups excluding tert-OH is 1. The van der Waals surface area contributed by atoms with Gasteiger partial charge in [-0.15, -0.1) is 0 Å². The van der Waals surface area contributed by atoms with Crippen LogP contribution in [0.4, 0.5) is 0 Å². The lowest BCUT2D eigenvalue weighted by molar-refractivity contribution is 0.0500. The second-order valence-corrected chi connectivity index (χ2v) is 1.33. The molecule has 0 aliphatic heterocycles. The van der Waals surface area contributed by atoms with E-state index in [-0.39, 0.29) is 6.61 Å². The molecule has 0 aliphatic rings. The van der Waals surface area contributed by atoms with Gasteiger partial charge < -0.3 is 20.3 Å². The van der Waals surface area contributed by atoms with Gasteiger partial charge in [0.1, 0.15) is 0 Å². The van der Waals surface area contributed by atoms with Gasteiger partial charge in [0.05, 0.1) is 26.4 Å². The molecule has 0 aromatic heterocycles. The largest absolute Gasteiger partial charge is 0.394 e. The molecule has 0 unspecified atom stereocenters. The maximum Gasteiger partial charge on any atom is 0.0701 e. The van der Waals surface area contributed by atoms with Crippen molar-refractivity contribution >= 4 is 0 Å². The van der Waals surface area contributed by atoms with E-state index in [2.05, 4.69) is 10.5 Å². The third-order valence-corrected chi connectivity index (χ3v) is 0.667. The van der Waals surface area contributed by atoms with Gasteiger partial charge in [-0.1, -0.05) is 0 Å². The van der Waals surface area contributed by atoms with Crippen molar-refractivity contribution in [3.8, 4) is 0 Å². The lowest BCUT2D eigenvalue weighted by Gasteiger charge is -1.98. The summed E-state index contributed by atoms with van der Waals surface area (Å²) in [6, 6.07) is 0. The van der Waals surface area contributed by atoms with Gasteiger partial charge in [-0.2, -0.15) is 0 Å². The predicted octanol–water partition coefficient (Wildman–Crippen LogP) is -0.783. The van der Waals surface area contributed by atoms with Gasteiger partial charge in [0.25, 0.3) is 0 Å². The van der Waals surface area contributed by atoms with Crippen LogP contribution >= 0.6 is 0 Å². The number of aliphatic hydroxyl groups is 1. The number of nitrogens with two attached hydrogens (primary N) is 1. The first-order valence-electron chi connectivity index (χ1n) is 3.17. The van der Waals surface area contributed by atoms with Crippen LogP contribution in [0.3, 0.4) is 0 Å². The summed E-state index contributed by atoms with van der Waals surface area (Å²) >= 11 is 0. The Bertz CT molecular complexity index is 38.0. The second kappa shape index (κ2) is 15.9. The standard InChI is InChI=1S/C5H12O3.CH5N/c1-7-4-5-8-3-2-6;1-2/h6H,2-5H2,1H3;2H2,1H3. The summed E-state index contributed by atoms with van der Waals surface area (Å²) in [5.74, 6) is 0.